The fraction of sp³-hybridized carbons (Fsp3) is 0.500. The van der Waals surface area contributed by atoms with Crippen LogP contribution in [0.15, 0.2) is 18.7 Å². The lowest BCUT2D eigenvalue weighted by molar-refractivity contribution is 0.484. The van der Waals surface area contributed by atoms with Gasteiger partial charge in [-0.15, -0.1) is 10.2 Å². The third kappa shape index (κ3) is 2.08. The maximum absolute atomic E-state index is 3.84. The molecule has 0 N–H and O–H groups in total. The second kappa shape index (κ2) is 3.74. The van der Waals surface area contributed by atoms with Gasteiger partial charge in [-0.25, -0.2) is 4.68 Å². The van der Waals surface area contributed by atoms with E-state index in [1.165, 1.54) is 0 Å². The van der Waals surface area contributed by atoms with Crippen molar-refractivity contribution in [3.63, 3.8) is 0 Å². The molecule has 2 heterocycles. The SMILES string of the molecule is c1cn(CCCn2cnnn2)nn1. The van der Waals surface area contributed by atoms with E-state index < -0.39 is 0 Å². The van der Waals surface area contributed by atoms with Gasteiger partial charge in [0.05, 0.1) is 6.20 Å². The maximum atomic E-state index is 3.84. The molecule has 0 radical (unpaired) electrons. The predicted molar refractivity (Wildman–Crippen MR) is 42.5 cm³/mol. The summed E-state index contributed by atoms with van der Waals surface area (Å²) < 4.78 is 3.47. The highest BCUT2D eigenvalue weighted by molar-refractivity contribution is 4.63. The lowest BCUT2D eigenvalue weighted by atomic mass is 10.4. The average Bonchev–Trinajstić information content (AvgIpc) is 2.75. The van der Waals surface area contributed by atoms with Crippen molar-refractivity contribution in [3.05, 3.63) is 18.7 Å². The van der Waals surface area contributed by atoms with E-state index in [-0.39, 0.29) is 0 Å². The van der Waals surface area contributed by atoms with Gasteiger partial charge in [0.25, 0.3) is 0 Å². The Morgan fingerprint density at radius 1 is 1.00 bits per heavy atom. The third-order valence-corrected chi connectivity index (χ3v) is 1.64. The molecule has 13 heavy (non-hydrogen) atoms. The van der Waals surface area contributed by atoms with Crippen LogP contribution in [0.25, 0.3) is 0 Å². The van der Waals surface area contributed by atoms with Crippen LogP contribution in [0.5, 0.6) is 0 Å². The highest BCUT2D eigenvalue weighted by Crippen LogP contribution is 1.90. The summed E-state index contributed by atoms with van der Waals surface area (Å²) in [6.45, 7) is 1.63. The van der Waals surface area contributed by atoms with Gasteiger partial charge in [-0.3, -0.25) is 4.68 Å². The highest BCUT2D eigenvalue weighted by atomic mass is 15.5. The molecule has 2 aromatic heterocycles. The van der Waals surface area contributed by atoms with Crippen LogP contribution in [-0.2, 0) is 13.1 Å². The molecule has 2 rings (SSSR count). The fourth-order valence-electron chi connectivity index (χ4n) is 1.03. The Hall–Kier alpha value is -1.79. The first kappa shape index (κ1) is 7.84. The number of aromatic nitrogens is 7. The normalized spacial score (nSPS) is 10.5. The molecule has 0 aliphatic carbocycles. The van der Waals surface area contributed by atoms with Crippen molar-refractivity contribution in [1.82, 2.24) is 35.2 Å². The Labute approximate surface area is 74.4 Å². The van der Waals surface area contributed by atoms with Gasteiger partial charge in [0, 0.05) is 19.3 Å². The lowest BCUT2D eigenvalue weighted by Crippen LogP contribution is -2.05. The fourth-order valence-corrected chi connectivity index (χ4v) is 1.03. The molecule has 0 atom stereocenters. The second-order valence-corrected chi connectivity index (χ2v) is 2.59. The number of hydrogen-bond donors (Lipinski definition) is 0. The van der Waals surface area contributed by atoms with Crippen LogP contribution in [-0.4, -0.2) is 35.2 Å². The third-order valence-electron chi connectivity index (χ3n) is 1.64. The summed E-state index contributed by atoms with van der Waals surface area (Å²) in [6, 6.07) is 0. The van der Waals surface area contributed by atoms with E-state index in [0.29, 0.717) is 0 Å². The smallest absolute Gasteiger partial charge is 0.138 e. The summed E-state index contributed by atoms with van der Waals surface area (Å²) in [4.78, 5) is 0. The molecule has 0 spiro atoms. The Bertz CT molecular complexity index is 290. The minimum atomic E-state index is 0.798. The van der Waals surface area contributed by atoms with Crippen LogP contribution < -0.4 is 0 Å². The summed E-state index contributed by atoms with van der Waals surface area (Å²) in [5, 5.41) is 18.4. The zero-order valence-electron chi connectivity index (χ0n) is 6.98. The summed E-state index contributed by atoms with van der Waals surface area (Å²) in [7, 11) is 0. The van der Waals surface area contributed by atoms with Crippen LogP contribution in [0, 0.1) is 0 Å². The topological polar surface area (TPSA) is 74.3 Å². The Morgan fingerprint density at radius 2 is 1.92 bits per heavy atom. The summed E-state index contributed by atoms with van der Waals surface area (Å²) in [6.07, 6.45) is 6.03. The van der Waals surface area contributed by atoms with E-state index in [9.17, 15) is 0 Å². The largest absolute Gasteiger partial charge is 0.253 e. The minimum Gasteiger partial charge on any atom is -0.253 e. The predicted octanol–water partition coefficient (Wildman–Crippen LogP) is -0.645. The standard InChI is InChI=1S/C6H9N7/c1(3-12-5-2-7-10-12)4-13-6-8-9-11-13/h2,5-6H,1,3-4H2. The zero-order valence-corrected chi connectivity index (χ0v) is 6.98. The first-order valence-corrected chi connectivity index (χ1v) is 4.00. The minimum absolute atomic E-state index is 0.798. The molecule has 7 nitrogen and oxygen atoms in total. The molecule has 0 aromatic carbocycles. The van der Waals surface area contributed by atoms with Gasteiger partial charge in [-0.05, 0) is 16.8 Å². The molecular weight excluding hydrogens is 170 g/mol. The molecule has 0 saturated heterocycles. The van der Waals surface area contributed by atoms with Gasteiger partial charge in [0.2, 0.25) is 0 Å². The van der Waals surface area contributed by atoms with E-state index in [1.54, 1.807) is 21.9 Å². The van der Waals surface area contributed by atoms with Crippen LogP contribution in [0.3, 0.4) is 0 Å². The Morgan fingerprint density at radius 3 is 2.62 bits per heavy atom. The summed E-state index contributed by atoms with van der Waals surface area (Å²) in [5.74, 6) is 0. The monoisotopic (exact) mass is 179 g/mol. The van der Waals surface area contributed by atoms with E-state index in [1.807, 2.05) is 6.20 Å². The molecule has 0 saturated carbocycles. The number of rotatable bonds is 4. The molecule has 0 bridgehead atoms. The molecule has 68 valence electrons. The summed E-state index contributed by atoms with van der Waals surface area (Å²) in [5.41, 5.74) is 0. The zero-order chi connectivity index (χ0) is 8.93. The van der Waals surface area contributed by atoms with Gasteiger partial charge >= 0.3 is 0 Å². The molecule has 0 unspecified atom stereocenters. The Kier molecular flexibility index (Phi) is 2.26. The van der Waals surface area contributed by atoms with E-state index in [2.05, 4.69) is 25.8 Å². The average molecular weight is 179 g/mol. The van der Waals surface area contributed by atoms with Crippen LogP contribution >= 0.6 is 0 Å². The van der Waals surface area contributed by atoms with Crippen LogP contribution in [0.2, 0.25) is 0 Å². The Balaban J connectivity index is 1.76. The van der Waals surface area contributed by atoms with E-state index in [4.69, 9.17) is 0 Å². The van der Waals surface area contributed by atoms with Crippen molar-refractivity contribution in [2.45, 2.75) is 19.5 Å². The number of nitrogens with zero attached hydrogens (tertiary/aromatic N) is 7. The molecule has 2 aromatic rings. The molecule has 0 aliphatic rings. The number of hydrogen-bond acceptors (Lipinski definition) is 5. The molecule has 0 amide bonds. The van der Waals surface area contributed by atoms with Crippen LogP contribution in [0.4, 0.5) is 0 Å². The van der Waals surface area contributed by atoms with Crippen molar-refractivity contribution in [2.24, 2.45) is 0 Å². The quantitative estimate of drug-likeness (QED) is 0.623. The number of aryl methyl sites for hydroxylation is 2. The van der Waals surface area contributed by atoms with E-state index >= 15 is 0 Å². The first-order chi connectivity index (χ1) is 6.45. The lowest BCUT2D eigenvalue weighted by Gasteiger charge is -1.98. The second-order valence-electron chi connectivity index (χ2n) is 2.59. The van der Waals surface area contributed by atoms with Gasteiger partial charge in [-0.1, -0.05) is 5.21 Å². The van der Waals surface area contributed by atoms with Gasteiger partial charge < -0.3 is 0 Å². The van der Waals surface area contributed by atoms with Gasteiger partial charge in [-0.2, -0.15) is 0 Å². The number of tetrazole rings is 1. The molecule has 0 fully saturated rings. The highest BCUT2D eigenvalue weighted by Gasteiger charge is 1.94. The van der Waals surface area contributed by atoms with Crippen molar-refractivity contribution in [3.8, 4) is 0 Å². The summed E-state index contributed by atoms with van der Waals surface area (Å²) >= 11 is 0. The molecular formula is C6H9N7. The van der Waals surface area contributed by atoms with Crippen LogP contribution in [0.1, 0.15) is 6.42 Å². The molecule has 7 heteroatoms. The van der Waals surface area contributed by atoms with E-state index in [0.717, 1.165) is 19.5 Å². The van der Waals surface area contributed by atoms with Crippen molar-refractivity contribution >= 4 is 0 Å². The van der Waals surface area contributed by atoms with Crippen molar-refractivity contribution < 1.29 is 0 Å². The van der Waals surface area contributed by atoms with Crippen molar-refractivity contribution in [2.75, 3.05) is 0 Å². The molecule has 0 aliphatic heterocycles. The first-order valence-electron chi connectivity index (χ1n) is 4.00. The van der Waals surface area contributed by atoms with Crippen molar-refractivity contribution in [1.29, 1.82) is 0 Å². The van der Waals surface area contributed by atoms with Gasteiger partial charge in [0.15, 0.2) is 0 Å². The maximum Gasteiger partial charge on any atom is 0.138 e. The van der Waals surface area contributed by atoms with Gasteiger partial charge in [0.1, 0.15) is 6.33 Å².